The third-order valence-corrected chi connectivity index (χ3v) is 5.91. The zero-order chi connectivity index (χ0) is 15.9. The number of aromatic amines is 1. The molecule has 0 unspecified atom stereocenters. The average molecular weight is 320 g/mol. The highest BCUT2D eigenvalue weighted by Gasteiger charge is 2.51. The number of hydrogen-bond acceptors (Lipinski definition) is 5. The molecule has 3 atom stereocenters. The fraction of sp³-hybridized carbons (Fsp3) is 0.882. The molecule has 0 aromatic carbocycles. The minimum atomic E-state index is 0.00475. The number of methoxy groups -OCH3 is 1. The Hall–Kier alpha value is -0.980. The van der Waals surface area contributed by atoms with Gasteiger partial charge >= 0.3 is 0 Å². The normalized spacial score (nSPS) is 34.7. The van der Waals surface area contributed by atoms with Crippen molar-refractivity contribution >= 4 is 0 Å². The predicted molar refractivity (Wildman–Crippen MR) is 86.0 cm³/mol. The molecule has 1 N–H and O–H groups in total. The molecule has 0 spiro atoms. The van der Waals surface area contributed by atoms with Crippen LogP contribution in [-0.2, 0) is 16.0 Å². The minimum absolute atomic E-state index is 0.00475. The molecule has 2 aliphatic carbocycles. The lowest BCUT2D eigenvalue weighted by molar-refractivity contribution is -0.103. The molecular formula is C17H28N4O2. The van der Waals surface area contributed by atoms with Crippen molar-refractivity contribution in [3.8, 4) is 0 Å². The fourth-order valence-corrected chi connectivity index (χ4v) is 4.29. The Bertz CT molecular complexity index is 544. The largest absolute Gasteiger partial charge is 0.378 e. The Kier molecular flexibility index (Phi) is 4.15. The summed E-state index contributed by atoms with van der Waals surface area (Å²) in [5.74, 6) is 2.60. The molecule has 23 heavy (non-hydrogen) atoms. The lowest BCUT2D eigenvalue weighted by Gasteiger charge is -2.43. The van der Waals surface area contributed by atoms with Crippen molar-refractivity contribution in [3.05, 3.63) is 11.6 Å². The van der Waals surface area contributed by atoms with Gasteiger partial charge in [0.1, 0.15) is 5.82 Å². The van der Waals surface area contributed by atoms with Gasteiger partial charge in [0.2, 0.25) is 0 Å². The van der Waals surface area contributed by atoms with Crippen molar-refractivity contribution in [3.63, 3.8) is 0 Å². The van der Waals surface area contributed by atoms with E-state index in [1.54, 1.807) is 0 Å². The van der Waals surface area contributed by atoms with Crippen molar-refractivity contribution in [2.45, 2.75) is 69.7 Å². The third-order valence-electron chi connectivity index (χ3n) is 5.91. The van der Waals surface area contributed by atoms with E-state index >= 15 is 0 Å². The number of hydrogen-bond donors (Lipinski definition) is 1. The van der Waals surface area contributed by atoms with Crippen molar-refractivity contribution in [1.29, 1.82) is 0 Å². The highest BCUT2D eigenvalue weighted by molar-refractivity contribution is 5.06. The monoisotopic (exact) mass is 320 g/mol. The molecule has 1 aromatic heterocycles. The summed E-state index contributed by atoms with van der Waals surface area (Å²) in [6.45, 7) is 4.76. The summed E-state index contributed by atoms with van der Waals surface area (Å²) in [5.41, 5.74) is 0.00475. The Labute approximate surface area is 137 Å². The van der Waals surface area contributed by atoms with Crippen LogP contribution in [0.15, 0.2) is 0 Å². The van der Waals surface area contributed by atoms with Crippen LogP contribution in [-0.4, -0.2) is 58.1 Å². The first-order valence-corrected chi connectivity index (χ1v) is 8.97. The number of nitrogens with zero attached hydrogens (tertiary/aromatic N) is 3. The SMILES string of the molecule is CO[C@@]12CC[C@@H](OCC3CC3)C[C@@H]1N(Cc1n[nH]c(C)n1)CC2. The molecular weight excluding hydrogens is 292 g/mol. The number of ether oxygens (including phenoxy) is 2. The molecule has 128 valence electrons. The van der Waals surface area contributed by atoms with Crippen LogP contribution in [0, 0.1) is 12.8 Å². The van der Waals surface area contributed by atoms with Crippen LogP contribution in [0.4, 0.5) is 0 Å². The van der Waals surface area contributed by atoms with Gasteiger partial charge < -0.3 is 9.47 Å². The molecule has 4 rings (SSSR count). The van der Waals surface area contributed by atoms with Gasteiger partial charge in [0.05, 0.1) is 18.2 Å². The fourth-order valence-electron chi connectivity index (χ4n) is 4.29. The van der Waals surface area contributed by atoms with Gasteiger partial charge in [0.15, 0.2) is 5.82 Å². The summed E-state index contributed by atoms with van der Waals surface area (Å²) in [4.78, 5) is 6.97. The first kappa shape index (κ1) is 15.5. The van der Waals surface area contributed by atoms with Crippen LogP contribution >= 0.6 is 0 Å². The van der Waals surface area contributed by atoms with E-state index < -0.39 is 0 Å². The van der Waals surface area contributed by atoms with Crippen LogP contribution in [0.25, 0.3) is 0 Å². The van der Waals surface area contributed by atoms with Crippen molar-refractivity contribution < 1.29 is 9.47 Å². The maximum atomic E-state index is 6.19. The number of rotatable bonds is 6. The number of aryl methyl sites for hydroxylation is 1. The lowest BCUT2D eigenvalue weighted by Crippen LogP contribution is -2.51. The molecule has 3 aliphatic rings. The average Bonchev–Trinajstić information content (AvgIpc) is 3.21. The first-order valence-electron chi connectivity index (χ1n) is 8.97. The van der Waals surface area contributed by atoms with Crippen LogP contribution in [0.5, 0.6) is 0 Å². The molecule has 0 bridgehead atoms. The molecule has 1 saturated heterocycles. The van der Waals surface area contributed by atoms with Gasteiger partial charge in [-0.15, -0.1) is 0 Å². The molecule has 2 saturated carbocycles. The van der Waals surface area contributed by atoms with Gasteiger partial charge in [0, 0.05) is 26.3 Å². The van der Waals surface area contributed by atoms with E-state index in [0.717, 1.165) is 62.9 Å². The molecule has 0 amide bonds. The van der Waals surface area contributed by atoms with E-state index in [0.29, 0.717) is 12.1 Å². The van der Waals surface area contributed by atoms with E-state index in [9.17, 15) is 0 Å². The summed E-state index contributed by atoms with van der Waals surface area (Å²) in [7, 11) is 1.87. The Morgan fingerprint density at radius 3 is 2.87 bits per heavy atom. The Morgan fingerprint density at radius 2 is 2.17 bits per heavy atom. The Morgan fingerprint density at radius 1 is 1.30 bits per heavy atom. The summed E-state index contributed by atoms with van der Waals surface area (Å²) in [5, 5.41) is 7.25. The summed E-state index contributed by atoms with van der Waals surface area (Å²) >= 11 is 0. The van der Waals surface area contributed by atoms with Crippen LogP contribution in [0.1, 0.15) is 50.2 Å². The standard InChI is InChI=1S/C17H28N4O2/c1-12-18-16(20-19-12)10-21-8-7-17(22-2)6-5-14(9-15(17)21)23-11-13-3-4-13/h13-15H,3-11H2,1-2H3,(H,18,19,20)/t14-,15+,17-/m1/s1. The molecule has 6 heteroatoms. The Balaban J connectivity index is 1.43. The predicted octanol–water partition coefficient (Wildman–Crippen LogP) is 2.05. The highest BCUT2D eigenvalue weighted by atomic mass is 16.5. The van der Waals surface area contributed by atoms with E-state index in [1.165, 1.54) is 12.8 Å². The molecule has 6 nitrogen and oxygen atoms in total. The zero-order valence-electron chi connectivity index (χ0n) is 14.3. The molecule has 1 aliphatic heterocycles. The van der Waals surface area contributed by atoms with Gasteiger partial charge in [-0.25, -0.2) is 4.98 Å². The highest BCUT2D eigenvalue weighted by Crippen LogP contribution is 2.44. The number of aromatic nitrogens is 3. The lowest BCUT2D eigenvalue weighted by atomic mass is 9.79. The number of fused-ring (bicyclic) bond motifs is 1. The van der Waals surface area contributed by atoms with Crippen LogP contribution < -0.4 is 0 Å². The van der Waals surface area contributed by atoms with E-state index in [1.807, 2.05) is 14.0 Å². The second kappa shape index (κ2) is 6.15. The van der Waals surface area contributed by atoms with Crippen LogP contribution in [0.3, 0.4) is 0 Å². The van der Waals surface area contributed by atoms with Crippen LogP contribution in [0.2, 0.25) is 0 Å². The van der Waals surface area contributed by atoms with Gasteiger partial charge in [0.25, 0.3) is 0 Å². The van der Waals surface area contributed by atoms with Gasteiger partial charge in [-0.2, -0.15) is 5.10 Å². The first-order chi connectivity index (χ1) is 11.2. The number of H-pyrrole nitrogens is 1. The van der Waals surface area contributed by atoms with E-state index in [2.05, 4.69) is 20.1 Å². The van der Waals surface area contributed by atoms with E-state index in [-0.39, 0.29) is 5.60 Å². The van der Waals surface area contributed by atoms with Crippen molar-refractivity contribution in [1.82, 2.24) is 20.1 Å². The quantitative estimate of drug-likeness (QED) is 0.869. The van der Waals surface area contributed by atoms with Crippen molar-refractivity contribution in [2.24, 2.45) is 5.92 Å². The van der Waals surface area contributed by atoms with Crippen molar-refractivity contribution in [2.75, 3.05) is 20.3 Å². The summed E-state index contributed by atoms with van der Waals surface area (Å²) in [6.07, 6.45) is 7.51. The van der Waals surface area contributed by atoms with Gasteiger partial charge in [-0.1, -0.05) is 0 Å². The molecule has 3 fully saturated rings. The maximum Gasteiger partial charge on any atom is 0.164 e. The number of nitrogens with one attached hydrogen (secondary N) is 1. The summed E-state index contributed by atoms with van der Waals surface area (Å²) in [6, 6.07) is 0.421. The second-order valence-electron chi connectivity index (χ2n) is 7.52. The molecule has 2 heterocycles. The number of likely N-dealkylation sites (tertiary alicyclic amines) is 1. The molecule has 1 aromatic rings. The molecule has 0 radical (unpaired) electrons. The van der Waals surface area contributed by atoms with E-state index in [4.69, 9.17) is 9.47 Å². The second-order valence-corrected chi connectivity index (χ2v) is 7.52. The topological polar surface area (TPSA) is 63.3 Å². The maximum absolute atomic E-state index is 6.19. The summed E-state index contributed by atoms with van der Waals surface area (Å²) < 4.78 is 12.2. The minimum Gasteiger partial charge on any atom is -0.378 e. The van der Waals surface area contributed by atoms with Gasteiger partial charge in [-0.3, -0.25) is 10.00 Å². The zero-order valence-corrected chi connectivity index (χ0v) is 14.3. The smallest absolute Gasteiger partial charge is 0.164 e. The van der Waals surface area contributed by atoms with Gasteiger partial charge in [-0.05, 0) is 51.4 Å². The third kappa shape index (κ3) is 3.16.